The summed E-state index contributed by atoms with van der Waals surface area (Å²) >= 11 is 0. The molecule has 0 heterocycles. The van der Waals surface area contributed by atoms with Crippen molar-refractivity contribution in [2.24, 2.45) is 11.7 Å². The van der Waals surface area contributed by atoms with Crippen LogP contribution in [0.25, 0.3) is 0 Å². The van der Waals surface area contributed by atoms with Gasteiger partial charge in [-0.05, 0) is 18.8 Å². The van der Waals surface area contributed by atoms with Crippen LogP contribution >= 0.6 is 0 Å². The molecule has 0 radical (unpaired) electrons. The van der Waals surface area contributed by atoms with Crippen LogP contribution in [0.15, 0.2) is 0 Å². The first-order valence-corrected chi connectivity index (χ1v) is 3.40. The minimum absolute atomic E-state index is 0.458. The number of hydrogen-bond donors (Lipinski definition) is 1. The molecule has 1 saturated carbocycles. The Morgan fingerprint density at radius 3 is 2.67 bits per heavy atom. The van der Waals surface area contributed by atoms with Crippen LogP contribution in [0.5, 0.6) is 0 Å². The van der Waals surface area contributed by atoms with Crippen LogP contribution < -0.4 is 5.73 Å². The highest BCUT2D eigenvalue weighted by Crippen LogP contribution is 2.36. The predicted molar refractivity (Wildman–Crippen MR) is 35.5 cm³/mol. The van der Waals surface area contributed by atoms with Gasteiger partial charge in [-0.1, -0.05) is 13.3 Å². The Labute approximate surface area is 55.7 Å². The van der Waals surface area contributed by atoms with Crippen LogP contribution in [0, 0.1) is 17.2 Å². The molecular weight excluding hydrogens is 112 g/mol. The zero-order chi connectivity index (χ0) is 6.91. The minimum atomic E-state index is -0.458. The Bertz CT molecular complexity index is 139. The van der Waals surface area contributed by atoms with Crippen molar-refractivity contribution < 1.29 is 0 Å². The molecule has 0 saturated heterocycles. The summed E-state index contributed by atoms with van der Waals surface area (Å²) in [5, 5.41) is 8.48. The van der Waals surface area contributed by atoms with E-state index in [0.717, 1.165) is 18.8 Å². The molecule has 0 bridgehead atoms. The van der Waals surface area contributed by atoms with Crippen LogP contribution in [-0.2, 0) is 0 Å². The standard InChI is InChI=1S/C7H12N2/c1-2-6-3-7(9,4-6)5-8/h6H,2-4,9H2,1H3/t6-,7-. The van der Waals surface area contributed by atoms with Crippen molar-refractivity contribution >= 4 is 0 Å². The summed E-state index contributed by atoms with van der Waals surface area (Å²) in [6.45, 7) is 2.14. The van der Waals surface area contributed by atoms with E-state index in [1.807, 2.05) is 0 Å². The smallest absolute Gasteiger partial charge is 0.104 e. The van der Waals surface area contributed by atoms with E-state index in [9.17, 15) is 0 Å². The Balaban J connectivity index is 2.35. The van der Waals surface area contributed by atoms with Crippen molar-refractivity contribution in [3.05, 3.63) is 0 Å². The summed E-state index contributed by atoms with van der Waals surface area (Å²) in [6.07, 6.45) is 2.97. The highest BCUT2D eigenvalue weighted by Gasteiger charge is 2.39. The number of nitriles is 1. The van der Waals surface area contributed by atoms with E-state index in [0.29, 0.717) is 0 Å². The average molecular weight is 124 g/mol. The molecule has 9 heavy (non-hydrogen) atoms. The van der Waals surface area contributed by atoms with Gasteiger partial charge in [-0.15, -0.1) is 0 Å². The molecule has 1 fully saturated rings. The van der Waals surface area contributed by atoms with Gasteiger partial charge in [0.1, 0.15) is 5.54 Å². The maximum atomic E-state index is 8.48. The fraction of sp³-hybridized carbons (Fsp3) is 0.857. The topological polar surface area (TPSA) is 49.8 Å². The van der Waals surface area contributed by atoms with Gasteiger partial charge in [-0.25, -0.2) is 0 Å². The summed E-state index contributed by atoms with van der Waals surface area (Å²) in [5.74, 6) is 0.717. The lowest BCUT2D eigenvalue weighted by atomic mass is 9.69. The summed E-state index contributed by atoms with van der Waals surface area (Å²) in [6, 6.07) is 2.12. The molecule has 0 atom stereocenters. The van der Waals surface area contributed by atoms with Gasteiger partial charge in [0.25, 0.3) is 0 Å². The molecule has 1 aliphatic carbocycles. The highest BCUT2D eigenvalue weighted by atomic mass is 14.8. The van der Waals surface area contributed by atoms with E-state index < -0.39 is 5.54 Å². The lowest BCUT2D eigenvalue weighted by Crippen LogP contribution is -2.50. The second kappa shape index (κ2) is 2.00. The summed E-state index contributed by atoms with van der Waals surface area (Å²) in [5.41, 5.74) is 5.15. The summed E-state index contributed by atoms with van der Waals surface area (Å²) < 4.78 is 0. The quantitative estimate of drug-likeness (QED) is 0.567. The summed E-state index contributed by atoms with van der Waals surface area (Å²) in [4.78, 5) is 0. The highest BCUT2D eigenvalue weighted by molar-refractivity contribution is 5.12. The monoisotopic (exact) mass is 124 g/mol. The van der Waals surface area contributed by atoms with Crippen LogP contribution in [0.4, 0.5) is 0 Å². The Hall–Kier alpha value is -0.550. The van der Waals surface area contributed by atoms with Crippen molar-refractivity contribution in [3.63, 3.8) is 0 Å². The van der Waals surface area contributed by atoms with Gasteiger partial charge in [0.2, 0.25) is 0 Å². The van der Waals surface area contributed by atoms with Gasteiger partial charge in [-0.3, -0.25) is 0 Å². The van der Waals surface area contributed by atoms with Gasteiger partial charge in [0, 0.05) is 0 Å². The van der Waals surface area contributed by atoms with E-state index in [2.05, 4.69) is 13.0 Å². The molecule has 0 aromatic carbocycles. The van der Waals surface area contributed by atoms with Crippen LogP contribution in [0.3, 0.4) is 0 Å². The van der Waals surface area contributed by atoms with Gasteiger partial charge in [0.05, 0.1) is 6.07 Å². The zero-order valence-corrected chi connectivity index (χ0v) is 5.72. The zero-order valence-electron chi connectivity index (χ0n) is 5.72. The van der Waals surface area contributed by atoms with E-state index in [4.69, 9.17) is 11.0 Å². The van der Waals surface area contributed by atoms with Crippen LogP contribution in [0.1, 0.15) is 26.2 Å². The van der Waals surface area contributed by atoms with Crippen molar-refractivity contribution in [1.82, 2.24) is 0 Å². The van der Waals surface area contributed by atoms with Crippen LogP contribution in [-0.4, -0.2) is 5.54 Å². The normalized spacial score (nSPS) is 41.2. The first-order valence-electron chi connectivity index (χ1n) is 3.40. The van der Waals surface area contributed by atoms with E-state index in [-0.39, 0.29) is 0 Å². The second-order valence-electron chi connectivity index (χ2n) is 2.95. The molecule has 1 aliphatic rings. The van der Waals surface area contributed by atoms with Gasteiger partial charge >= 0.3 is 0 Å². The Morgan fingerprint density at radius 2 is 2.33 bits per heavy atom. The third-order valence-corrected chi connectivity index (χ3v) is 2.11. The largest absolute Gasteiger partial charge is 0.313 e. The molecule has 0 amide bonds. The number of hydrogen-bond acceptors (Lipinski definition) is 2. The average Bonchev–Trinajstić information content (AvgIpc) is 1.81. The molecule has 1 rings (SSSR count). The van der Waals surface area contributed by atoms with E-state index >= 15 is 0 Å². The third kappa shape index (κ3) is 1.06. The fourth-order valence-electron chi connectivity index (χ4n) is 1.35. The molecule has 0 spiro atoms. The SMILES string of the molecule is CC[C@H]1C[C@@](N)(C#N)C1. The van der Waals surface area contributed by atoms with Crippen LogP contribution in [0.2, 0.25) is 0 Å². The molecule has 0 aromatic heterocycles. The number of nitrogens with two attached hydrogens (primary N) is 1. The molecule has 2 heteroatoms. The lowest BCUT2D eigenvalue weighted by molar-refractivity contribution is 0.197. The van der Waals surface area contributed by atoms with Gasteiger partial charge in [-0.2, -0.15) is 5.26 Å². The lowest BCUT2D eigenvalue weighted by Gasteiger charge is -2.38. The number of rotatable bonds is 1. The van der Waals surface area contributed by atoms with Gasteiger partial charge in [0.15, 0.2) is 0 Å². The minimum Gasteiger partial charge on any atom is -0.313 e. The molecule has 50 valence electrons. The third-order valence-electron chi connectivity index (χ3n) is 2.11. The van der Waals surface area contributed by atoms with Gasteiger partial charge < -0.3 is 5.73 Å². The Kier molecular flexibility index (Phi) is 1.46. The maximum absolute atomic E-state index is 8.48. The van der Waals surface area contributed by atoms with E-state index in [1.54, 1.807) is 0 Å². The molecule has 0 aliphatic heterocycles. The van der Waals surface area contributed by atoms with E-state index in [1.165, 1.54) is 6.42 Å². The molecule has 0 unspecified atom stereocenters. The molecule has 2 N–H and O–H groups in total. The molecule has 2 nitrogen and oxygen atoms in total. The van der Waals surface area contributed by atoms with Crippen molar-refractivity contribution in [3.8, 4) is 6.07 Å². The maximum Gasteiger partial charge on any atom is 0.104 e. The summed E-state index contributed by atoms with van der Waals surface area (Å²) in [7, 11) is 0. The van der Waals surface area contributed by atoms with Crippen molar-refractivity contribution in [2.45, 2.75) is 31.7 Å². The molecule has 0 aromatic rings. The first kappa shape index (κ1) is 6.57. The number of nitrogens with zero attached hydrogens (tertiary/aromatic N) is 1. The van der Waals surface area contributed by atoms with Crippen molar-refractivity contribution in [1.29, 1.82) is 5.26 Å². The second-order valence-corrected chi connectivity index (χ2v) is 2.95. The first-order chi connectivity index (χ1) is 4.20. The predicted octanol–water partition coefficient (Wildman–Crippen LogP) is 1.03. The fourth-order valence-corrected chi connectivity index (χ4v) is 1.35. The molecular formula is C7H12N2. The van der Waals surface area contributed by atoms with Crippen molar-refractivity contribution in [2.75, 3.05) is 0 Å². The Morgan fingerprint density at radius 1 is 1.78 bits per heavy atom.